The van der Waals surface area contributed by atoms with Crippen LogP contribution >= 0.6 is 27.7 Å². The Morgan fingerprint density at radius 2 is 2.27 bits per heavy atom. The Labute approximate surface area is 103 Å². The summed E-state index contributed by atoms with van der Waals surface area (Å²) in [7, 11) is 0. The van der Waals surface area contributed by atoms with Crippen molar-refractivity contribution in [3.8, 4) is 6.07 Å². The van der Waals surface area contributed by atoms with Gasteiger partial charge in [0.05, 0.1) is 11.6 Å². The maximum Gasteiger partial charge on any atom is 0.0992 e. The normalized spacial score (nSPS) is 9.67. The lowest BCUT2D eigenvalue weighted by atomic mass is 10.2. The fraction of sp³-hybridized carbons (Fsp3) is 0.364. The second-order valence-electron chi connectivity index (χ2n) is 3.11. The Hall–Kier alpha value is -0.660. The van der Waals surface area contributed by atoms with E-state index in [1.807, 2.05) is 30.0 Å². The van der Waals surface area contributed by atoms with Gasteiger partial charge in [-0.15, -0.1) is 0 Å². The summed E-state index contributed by atoms with van der Waals surface area (Å²) < 4.78 is 0.939. The van der Waals surface area contributed by atoms with Gasteiger partial charge in [-0.2, -0.15) is 17.0 Å². The largest absolute Gasteiger partial charge is 0.385 e. The zero-order valence-electron chi connectivity index (χ0n) is 8.59. The van der Waals surface area contributed by atoms with Crippen LogP contribution in [0.15, 0.2) is 22.7 Å². The van der Waals surface area contributed by atoms with Crippen molar-refractivity contribution < 1.29 is 0 Å². The van der Waals surface area contributed by atoms with Gasteiger partial charge >= 0.3 is 0 Å². The van der Waals surface area contributed by atoms with Crippen molar-refractivity contribution >= 4 is 33.4 Å². The number of rotatable bonds is 5. The maximum atomic E-state index is 8.79. The first-order valence-corrected chi connectivity index (χ1v) is 6.88. The van der Waals surface area contributed by atoms with Crippen molar-refractivity contribution in [2.45, 2.75) is 6.42 Å². The summed E-state index contributed by atoms with van der Waals surface area (Å²) in [6, 6.07) is 7.80. The van der Waals surface area contributed by atoms with E-state index in [0.717, 1.165) is 28.9 Å². The highest BCUT2D eigenvalue weighted by Crippen LogP contribution is 2.19. The highest BCUT2D eigenvalue weighted by atomic mass is 79.9. The Kier molecular flexibility index (Phi) is 5.59. The first-order valence-electron chi connectivity index (χ1n) is 4.70. The number of nitriles is 1. The van der Waals surface area contributed by atoms with E-state index in [2.05, 4.69) is 33.6 Å². The van der Waals surface area contributed by atoms with Crippen molar-refractivity contribution in [1.29, 1.82) is 5.26 Å². The monoisotopic (exact) mass is 284 g/mol. The van der Waals surface area contributed by atoms with Crippen LogP contribution in [0.5, 0.6) is 0 Å². The Morgan fingerprint density at radius 3 is 2.93 bits per heavy atom. The van der Waals surface area contributed by atoms with Crippen LogP contribution in [0.4, 0.5) is 5.69 Å². The Bertz CT molecular complexity index is 360. The van der Waals surface area contributed by atoms with Gasteiger partial charge in [-0.1, -0.05) is 15.9 Å². The molecule has 1 aromatic rings. The molecular formula is C11H13BrN2S. The minimum Gasteiger partial charge on any atom is -0.385 e. The topological polar surface area (TPSA) is 35.8 Å². The van der Waals surface area contributed by atoms with E-state index in [-0.39, 0.29) is 0 Å². The Morgan fingerprint density at radius 1 is 1.47 bits per heavy atom. The predicted molar refractivity (Wildman–Crippen MR) is 70.3 cm³/mol. The molecule has 0 amide bonds. The van der Waals surface area contributed by atoms with Crippen LogP contribution in [0.3, 0.4) is 0 Å². The Balaban J connectivity index is 2.54. The zero-order chi connectivity index (χ0) is 11.1. The molecular weight excluding hydrogens is 272 g/mol. The van der Waals surface area contributed by atoms with Crippen molar-refractivity contribution in [3.05, 3.63) is 28.2 Å². The lowest BCUT2D eigenvalue weighted by Crippen LogP contribution is -2.02. The number of thioether (sulfide) groups is 1. The van der Waals surface area contributed by atoms with Gasteiger partial charge in [0.15, 0.2) is 0 Å². The van der Waals surface area contributed by atoms with Gasteiger partial charge in [-0.3, -0.25) is 0 Å². The van der Waals surface area contributed by atoms with Crippen LogP contribution in [0.1, 0.15) is 12.0 Å². The molecule has 0 saturated carbocycles. The number of benzene rings is 1. The van der Waals surface area contributed by atoms with Crippen molar-refractivity contribution in [2.75, 3.05) is 23.9 Å². The third-order valence-corrected chi connectivity index (χ3v) is 3.04. The number of halogens is 1. The van der Waals surface area contributed by atoms with Crippen LogP contribution in [-0.4, -0.2) is 18.6 Å². The highest BCUT2D eigenvalue weighted by Gasteiger charge is 1.98. The molecule has 0 aromatic heterocycles. The van der Waals surface area contributed by atoms with Crippen molar-refractivity contribution in [1.82, 2.24) is 0 Å². The minimum absolute atomic E-state index is 0.678. The summed E-state index contributed by atoms with van der Waals surface area (Å²) in [5.74, 6) is 1.16. The van der Waals surface area contributed by atoms with E-state index in [1.165, 1.54) is 0 Å². The summed E-state index contributed by atoms with van der Waals surface area (Å²) in [5, 5.41) is 12.1. The molecule has 0 aliphatic carbocycles. The fourth-order valence-corrected chi connectivity index (χ4v) is 2.13. The number of nitrogens with zero attached hydrogens (tertiary/aromatic N) is 1. The molecule has 0 atom stereocenters. The molecule has 0 bridgehead atoms. The third kappa shape index (κ3) is 4.59. The van der Waals surface area contributed by atoms with Gasteiger partial charge in [0.2, 0.25) is 0 Å². The lowest BCUT2D eigenvalue weighted by molar-refractivity contribution is 0.993. The molecule has 0 saturated heterocycles. The first kappa shape index (κ1) is 12.4. The lowest BCUT2D eigenvalue weighted by Gasteiger charge is -2.06. The SMILES string of the molecule is CSCCCNc1cc(Br)cc(C#N)c1. The number of hydrogen-bond acceptors (Lipinski definition) is 3. The van der Waals surface area contributed by atoms with Crippen LogP contribution in [0.2, 0.25) is 0 Å². The van der Waals surface area contributed by atoms with Gasteiger partial charge in [-0.05, 0) is 36.6 Å². The molecule has 1 N–H and O–H groups in total. The predicted octanol–water partition coefficient (Wildman–Crippen LogP) is 3.49. The van der Waals surface area contributed by atoms with Crippen LogP contribution in [-0.2, 0) is 0 Å². The summed E-state index contributed by atoms with van der Waals surface area (Å²) in [4.78, 5) is 0. The highest BCUT2D eigenvalue weighted by molar-refractivity contribution is 9.10. The second-order valence-corrected chi connectivity index (χ2v) is 5.01. The molecule has 2 nitrogen and oxygen atoms in total. The quantitative estimate of drug-likeness (QED) is 0.841. The molecule has 0 fully saturated rings. The maximum absolute atomic E-state index is 8.79. The zero-order valence-corrected chi connectivity index (χ0v) is 11.0. The molecule has 4 heteroatoms. The van der Waals surface area contributed by atoms with E-state index in [0.29, 0.717) is 5.56 Å². The summed E-state index contributed by atoms with van der Waals surface area (Å²) in [6.45, 7) is 0.947. The van der Waals surface area contributed by atoms with Crippen molar-refractivity contribution in [2.24, 2.45) is 0 Å². The average molecular weight is 285 g/mol. The van der Waals surface area contributed by atoms with Gasteiger partial charge in [-0.25, -0.2) is 0 Å². The van der Waals surface area contributed by atoms with Gasteiger partial charge < -0.3 is 5.32 Å². The average Bonchev–Trinajstić information content (AvgIpc) is 2.23. The number of anilines is 1. The van der Waals surface area contributed by atoms with E-state index in [4.69, 9.17) is 5.26 Å². The van der Waals surface area contributed by atoms with Gasteiger partial charge in [0.25, 0.3) is 0 Å². The number of hydrogen-bond donors (Lipinski definition) is 1. The number of nitrogens with one attached hydrogen (secondary N) is 1. The van der Waals surface area contributed by atoms with E-state index in [9.17, 15) is 0 Å². The first-order chi connectivity index (χ1) is 7.26. The van der Waals surface area contributed by atoms with E-state index in [1.54, 1.807) is 0 Å². The van der Waals surface area contributed by atoms with Crippen molar-refractivity contribution in [3.63, 3.8) is 0 Å². The van der Waals surface area contributed by atoms with Crippen LogP contribution in [0, 0.1) is 11.3 Å². The summed E-state index contributed by atoms with van der Waals surface area (Å²) in [5.41, 5.74) is 1.68. The van der Waals surface area contributed by atoms with Gasteiger partial charge in [0, 0.05) is 16.7 Å². The standard InChI is InChI=1S/C11H13BrN2S/c1-15-4-2-3-14-11-6-9(8-13)5-10(12)7-11/h5-7,14H,2-4H2,1H3. The smallest absolute Gasteiger partial charge is 0.0992 e. The fourth-order valence-electron chi connectivity index (χ4n) is 1.21. The minimum atomic E-state index is 0.678. The summed E-state index contributed by atoms with van der Waals surface area (Å²) in [6.07, 6.45) is 3.24. The molecule has 0 aliphatic rings. The molecule has 80 valence electrons. The molecule has 0 unspecified atom stereocenters. The third-order valence-electron chi connectivity index (χ3n) is 1.88. The molecule has 15 heavy (non-hydrogen) atoms. The van der Waals surface area contributed by atoms with Gasteiger partial charge in [0.1, 0.15) is 0 Å². The van der Waals surface area contributed by atoms with Crippen LogP contribution in [0.25, 0.3) is 0 Å². The summed E-state index contributed by atoms with van der Waals surface area (Å²) >= 11 is 5.23. The van der Waals surface area contributed by atoms with Crippen LogP contribution < -0.4 is 5.32 Å². The molecule has 0 aliphatic heterocycles. The van der Waals surface area contributed by atoms with E-state index < -0.39 is 0 Å². The molecule has 0 radical (unpaired) electrons. The molecule has 1 rings (SSSR count). The molecule has 1 aromatic carbocycles. The van der Waals surface area contributed by atoms with E-state index >= 15 is 0 Å². The molecule has 0 spiro atoms. The molecule has 0 heterocycles. The second kappa shape index (κ2) is 6.76.